The van der Waals surface area contributed by atoms with Gasteiger partial charge in [-0.15, -0.1) is 0 Å². The molecule has 0 aliphatic carbocycles. The lowest BCUT2D eigenvalue weighted by Gasteiger charge is -2.06. The van der Waals surface area contributed by atoms with Crippen LogP contribution in [0.4, 0.5) is 15.8 Å². The molecule has 27 heavy (non-hydrogen) atoms. The van der Waals surface area contributed by atoms with Crippen molar-refractivity contribution in [1.29, 1.82) is 0 Å². The van der Waals surface area contributed by atoms with Crippen molar-refractivity contribution in [3.63, 3.8) is 0 Å². The molecule has 3 rings (SSSR count). The Morgan fingerprint density at radius 3 is 2.04 bits per heavy atom. The zero-order chi connectivity index (χ0) is 20.0. The van der Waals surface area contributed by atoms with Gasteiger partial charge in [0.05, 0.1) is 15.4 Å². The van der Waals surface area contributed by atoms with Crippen LogP contribution >= 0.6 is 11.6 Å². The van der Waals surface area contributed by atoms with E-state index in [0.717, 1.165) is 6.20 Å². The minimum absolute atomic E-state index is 0.0813. The van der Waals surface area contributed by atoms with Gasteiger partial charge in [-0.2, -0.15) is 0 Å². The molecule has 0 N–H and O–H groups in total. The van der Waals surface area contributed by atoms with E-state index in [-0.39, 0.29) is 22.2 Å². The average Bonchev–Trinajstić information content (AvgIpc) is 2.62. The zero-order valence-corrected chi connectivity index (χ0v) is 14.6. The minimum atomic E-state index is -0.574. The van der Waals surface area contributed by atoms with Gasteiger partial charge >= 0.3 is 5.69 Å². The van der Waals surface area contributed by atoms with E-state index >= 15 is 0 Å². The summed E-state index contributed by atoms with van der Waals surface area (Å²) in [5, 5.41) is 21.1. The summed E-state index contributed by atoms with van der Waals surface area (Å²) >= 11 is 5.44. The maximum atomic E-state index is 13.0. The topological polar surface area (TPSA) is 112 Å². The molecule has 2 aromatic heterocycles. The number of nitrogens with zero attached hydrogens (tertiary/aromatic N) is 4. The van der Waals surface area contributed by atoms with Gasteiger partial charge in [0.15, 0.2) is 0 Å². The zero-order valence-electron chi connectivity index (χ0n) is 13.9. The molecule has 2 heterocycles. The second-order valence-corrected chi connectivity index (χ2v) is 5.60. The summed E-state index contributed by atoms with van der Waals surface area (Å²) in [5.74, 6) is -0.358. The van der Waals surface area contributed by atoms with Crippen molar-refractivity contribution in [2.24, 2.45) is 0 Å². The summed E-state index contributed by atoms with van der Waals surface area (Å²) in [6.45, 7) is 1.71. The van der Waals surface area contributed by atoms with Gasteiger partial charge < -0.3 is 0 Å². The standard InChI is InChI=1S/C12H9FN2O2.C5H3ClN2O2/c1-8-6-9(13)2-3-10(8)11-4-5-14-7-12(11)15(16)17;6-4-1-2-7-3-5(4)8(9)10/h2-7H,1H3;1-3H. The summed E-state index contributed by atoms with van der Waals surface area (Å²) < 4.78 is 13.0. The Labute approximate surface area is 157 Å². The Balaban J connectivity index is 0.000000223. The smallest absolute Gasteiger partial charge is 0.258 e. The quantitative estimate of drug-likeness (QED) is 0.471. The molecule has 0 bridgehead atoms. The Morgan fingerprint density at radius 2 is 1.52 bits per heavy atom. The normalized spacial score (nSPS) is 9.89. The van der Waals surface area contributed by atoms with Crippen LogP contribution in [0, 0.1) is 33.0 Å². The summed E-state index contributed by atoms with van der Waals surface area (Å²) in [6, 6.07) is 7.09. The van der Waals surface area contributed by atoms with Gasteiger partial charge in [0.2, 0.25) is 0 Å². The first-order chi connectivity index (χ1) is 12.8. The number of pyridine rings is 2. The van der Waals surface area contributed by atoms with E-state index in [1.807, 2.05) is 0 Å². The molecule has 8 nitrogen and oxygen atoms in total. The van der Waals surface area contributed by atoms with Gasteiger partial charge in [0.25, 0.3) is 5.69 Å². The van der Waals surface area contributed by atoms with Gasteiger partial charge in [-0.3, -0.25) is 30.2 Å². The molecule has 3 aromatic rings. The van der Waals surface area contributed by atoms with E-state index < -0.39 is 9.85 Å². The number of nitro groups is 2. The first kappa shape index (κ1) is 19.9. The molecule has 0 aliphatic heterocycles. The summed E-state index contributed by atoms with van der Waals surface area (Å²) in [6.07, 6.45) is 5.18. The van der Waals surface area contributed by atoms with Crippen molar-refractivity contribution >= 4 is 23.0 Å². The Kier molecular flexibility index (Phi) is 6.45. The van der Waals surface area contributed by atoms with Gasteiger partial charge in [0, 0.05) is 12.4 Å². The number of aromatic nitrogens is 2. The molecule has 0 atom stereocenters. The van der Waals surface area contributed by atoms with Crippen LogP contribution in [0.5, 0.6) is 0 Å². The van der Waals surface area contributed by atoms with E-state index in [0.29, 0.717) is 16.7 Å². The molecule has 1 aromatic carbocycles. The molecule has 0 spiro atoms. The van der Waals surface area contributed by atoms with Crippen molar-refractivity contribution in [2.45, 2.75) is 6.92 Å². The van der Waals surface area contributed by atoms with Crippen LogP contribution in [0.15, 0.2) is 55.1 Å². The van der Waals surface area contributed by atoms with Crippen LogP contribution in [0.2, 0.25) is 5.02 Å². The lowest BCUT2D eigenvalue weighted by atomic mass is 10.0. The summed E-state index contributed by atoms with van der Waals surface area (Å²) in [5.41, 5.74) is 1.49. The summed E-state index contributed by atoms with van der Waals surface area (Å²) in [4.78, 5) is 27.2. The van der Waals surface area contributed by atoms with Crippen LogP contribution in [0.25, 0.3) is 11.1 Å². The second kappa shape index (κ2) is 8.77. The van der Waals surface area contributed by atoms with Crippen molar-refractivity contribution in [1.82, 2.24) is 9.97 Å². The van der Waals surface area contributed by atoms with Crippen molar-refractivity contribution < 1.29 is 14.2 Å². The number of halogens is 2. The molecule has 0 saturated heterocycles. The third-order valence-electron chi connectivity index (χ3n) is 3.42. The Hall–Kier alpha value is -3.46. The lowest BCUT2D eigenvalue weighted by Crippen LogP contribution is -1.94. The van der Waals surface area contributed by atoms with E-state index in [4.69, 9.17) is 11.6 Å². The lowest BCUT2D eigenvalue weighted by molar-refractivity contribution is -0.385. The number of rotatable bonds is 3. The maximum absolute atomic E-state index is 13.0. The fourth-order valence-electron chi connectivity index (χ4n) is 2.19. The Morgan fingerprint density at radius 1 is 0.926 bits per heavy atom. The average molecular weight is 391 g/mol. The van der Waals surface area contributed by atoms with E-state index in [9.17, 15) is 24.6 Å². The predicted octanol–water partition coefficient (Wildman–Crippen LogP) is 4.75. The van der Waals surface area contributed by atoms with Crippen molar-refractivity contribution in [2.75, 3.05) is 0 Å². The molecule has 0 saturated carbocycles. The highest BCUT2D eigenvalue weighted by molar-refractivity contribution is 6.32. The fraction of sp³-hybridized carbons (Fsp3) is 0.0588. The number of benzene rings is 1. The monoisotopic (exact) mass is 390 g/mol. The number of hydrogen-bond acceptors (Lipinski definition) is 6. The second-order valence-electron chi connectivity index (χ2n) is 5.19. The van der Waals surface area contributed by atoms with Crippen LogP contribution in [-0.2, 0) is 0 Å². The first-order valence-electron chi connectivity index (χ1n) is 7.40. The summed E-state index contributed by atoms with van der Waals surface area (Å²) in [7, 11) is 0. The molecule has 0 radical (unpaired) electrons. The van der Waals surface area contributed by atoms with Gasteiger partial charge in [-0.25, -0.2) is 4.39 Å². The van der Waals surface area contributed by atoms with E-state index in [2.05, 4.69) is 9.97 Å². The molecule has 0 aliphatic rings. The third kappa shape index (κ3) is 5.02. The SMILES string of the molecule is Cc1cc(F)ccc1-c1ccncc1[N+](=O)[O-].O=[N+]([O-])c1cnccc1Cl. The predicted molar refractivity (Wildman–Crippen MR) is 96.9 cm³/mol. The number of hydrogen-bond donors (Lipinski definition) is 0. The maximum Gasteiger partial charge on any atom is 0.305 e. The van der Waals surface area contributed by atoms with Gasteiger partial charge in [-0.05, 0) is 42.3 Å². The van der Waals surface area contributed by atoms with Crippen molar-refractivity contribution in [3.8, 4) is 11.1 Å². The molecule has 0 unspecified atom stereocenters. The Bertz CT molecular complexity index is 1000. The molecular formula is C17H12ClFN4O4. The largest absolute Gasteiger partial charge is 0.305 e. The molecule has 138 valence electrons. The highest BCUT2D eigenvalue weighted by atomic mass is 35.5. The van der Waals surface area contributed by atoms with Crippen LogP contribution in [-0.4, -0.2) is 19.8 Å². The van der Waals surface area contributed by atoms with Crippen LogP contribution in [0.3, 0.4) is 0 Å². The molecular weight excluding hydrogens is 379 g/mol. The van der Waals surface area contributed by atoms with E-state index in [1.54, 1.807) is 13.0 Å². The van der Waals surface area contributed by atoms with Crippen molar-refractivity contribution in [3.05, 3.63) is 91.8 Å². The first-order valence-corrected chi connectivity index (χ1v) is 7.78. The van der Waals surface area contributed by atoms with Crippen LogP contribution < -0.4 is 0 Å². The number of aryl methyl sites for hydroxylation is 1. The fourth-order valence-corrected chi connectivity index (χ4v) is 2.37. The van der Waals surface area contributed by atoms with Gasteiger partial charge in [-0.1, -0.05) is 17.7 Å². The third-order valence-corrected chi connectivity index (χ3v) is 3.74. The highest BCUT2D eigenvalue weighted by Crippen LogP contribution is 2.31. The molecule has 0 fully saturated rings. The highest BCUT2D eigenvalue weighted by Gasteiger charge is 2.16. The molecule has 0 amide bonds. The van der Waals surface area contributed by atoms with Gasteiger partial charge in [0.1, 0.15) is 23.2 Å². The van der Waals surface area contributed by atoms with E-state index in [1.165, 1.54) is 42.9 Å². The molecule has 10 heteroatoms. The minimum Gasteiger partial charge on any atom is -0.258 e. The van der Waals surface area contributed by atoms with Crippen LogP contribution in [0.1, 0.15) is 5.56 Å².